The molecule has 6 heteroatoms. The van der Waals surface area contributed by atoms with Crippen molar-refractivity contribution in [1.82, 2.24) is 0 Å². The molecule has 18 heavy (non-hydrogen) atoms. The Kier molecular flexibility index (Phi) is 3.22. The molecule has 0 spiro atoms. The lowest BCUT2D eigenvalue weighted by Crippen LogP contribution is -2.11. The maximum Gasteiger partial charge on any atom is 0.214 e. The van der Waals surface area contributed by atoms with E-state index in [-0.39, 0.29) is 11.5 Å². The first kappa shape index (κ1) is 12.0. The molecule has 0 fully saturated rings. The summed E-state index contributed by atoms with van der Waals surface area (Å²) in [5.41, 5.74) is 13.9. The molecule has 0 radical (unpaired) electrons. The number of hydrogen-bond acceptors (Lipinski definition) is 6. The van der Waals surface area contributed by atoms with Crippen molar-refractivity contribution in [3.05, 3.63) is 36.4 Å². The summed E-state index contributed by atoms with van der Waals surface area (Å²) in [6, 6.07) is 10.7. The van der Waals surface area contributed by atoms with E-state index in [9.17, 15) is 0 Å². The van der Waals surface area contributed by atoms with Crippen LogP contribution in [-0.4, -0.2) is 0 Å². The van der Waals surface area contributed by atoms with E-state index in [1.54, 1.807) is 24.3 Å². The van der Waals surface area contributed by atoms with Crippen LogP contribution in [0.25, 0.3) is 11.1 Å². The van der Waals surface area contributed by atoms with Crippen molar-refractivity contribution < 1.29 is 9.68 Å². The summed E-state index contributed by atoms with van der Waals surface area (Å²) >= 11 is 0. The summed E-state index contributed by atoms with van der Waals surface area (Å²) in [5, 5.41) is 0. The highest BCUT2D eigenvalue weighted by atomic mass is 16.7. The van der Waals surface area contributed by atoms with Gasteiger partial charge in [0.2, 0.25) is 11.5 Å². The minimum absolute atomic E-state index is 0.201. The van der Waals surface area contributed by atoms with Gasteiger partial charge in [-0.3, -0.25) is 0 Å². The minimum atomic E-state index is 0.201. The predicted octanol–water partition coefficient (Wildman–Crippen LogP) is 1.02. The first-order valence-corrected chi connectivity index (χ1v) is 5.19. The molecule has 0 atom stereocenters. The Hall–Kier alpha value is -2.44. The van der Waals surface area contributed by atoms with Crippen molar-refractivity contribution in [1.29, 1.82) is 0 Å². The van der Waals surface area contributed by atoms with Gasteiger partial charge in [-0.15, -0.1) is 0 Å². The summed E-state index contributed by atoms with van der Waals surface area (Å²) in [6.45, 7) is 0. The van der Waals surface area contributed by atoms with Crippen molar-refractivity contribution >= 4 is 11.4 Å². The van der Waals surface area contributed by atoms with E-state index in [0.29, 0.717) is 16.9 Å². The maximum atomic E-state index is 5.72. The number of hydrogen-bond donors (Lipinski definition) is 4. The molecule has 0 amide bonds. The quantitative estimate of drug-likeness (QED) is 0.473. The van der Waals surface area contributed by atoms with Crippen molar-refractivity contribution in [2.75, 3.05) is 11.5 Å². The van der Waals surface area contributed by atoms with Gasteiger partial charge in [-0.05, 0) is 29.8 Å². The standard InChI is InChI=1S/C12H14N4O2/c13-8-3-1-7(2-4-8)9-5-6-10(14)12(18-16)11(9)17-15/h1-6H,13-16H2. The molecule has 0 aliphatic heterocycles. The molecule has 8 N–H and O–H groups in total. The zero-order chi connectivity index (χ0) is 13.1. The van der Waals surface area contributed by atoms with E-state index in [2.05, 4.69) is 0 Å². The van der Waals surface area contributed by atoms with Crippen LogP contribution >= 0.6 is 0 Å². The zero-order valence-corrected chi connectivity index (χ0v) is 9.59. The molecule has 0 saturated heterocycles. The molecule has 0 aliphatic carbocycles. The SMILES string of the molecule is NOc1c(N)ccc(-c2ccc(N)cc2)c1ON. The first-order chi connectivity index (χ1) is 8.67. The Morgan fingerprint density at radius 3 is 1.89 bits per heavy atom. The Morgan fingerprint density at radius 1 is 0.722 bits per heavy atom. The van der Waals surface area contributed by atoms with Gasteiger partial charge < -0.3 is 21.1 Å². The first-order valence-electron chi connectivity index (χ1n) is 5.19. The normalized spacial score (nSPS) is 10.1. The van der Waals surface area contributed by atoms with Gasteiger partial charge in [-0.25, -0.2) is 0 Å². The van der Waals surface area contributed by atoms with Crippen molar-refractivity contribution in [2.24, 2.45) is 11.8 Å². The maximum absolute atomic E-state index is 5.72. The van der Waals surface area contributed by atoms with Gasteiger partial charge in [-0.1, -0.05) is 12.1 Å². The largest absolute Gasteiger partial charge is 0.407 e. The molecule has 94 valence electrons. The average molecular weight is 246 g/mol. The van der Waals surface area contributed by atoms with Crippen LogP contribution in [0.3, 0.4) is 0 Å². The molecular weight excluding hydrogens is 232 g/mol. The fourth-order valence-corrected chi connectivity index (χ4v) is 1.71. The highest BCUT2D eigenvalue weighted by Gasteiger charge is 2.15. The van der Waals surface area contributed by atoms with Crippen LogP contribution in [0.5, 0.6) is 11.5 Å². The Morgan fingerprint density at radius 2 is 1.33 bits per heavy atom. The predicted molar refractivity (Wildman–Crippen MR) is 70.3 cm³/mol. The van der Waals surface area contributed by atoms with Gasteiger partial charge in [0.1, 0.15) is 0 Å². The molecule has 2 aromatic carbocycles. The van der Waals surface area contributed by atoms with Crippen molar-refractivity contribution in [3.8, 4) is 22.6 Å². The lowest BCUT2D eigenvalue weighted by Gasteiger charge is -2.13. The molecule has 2 aromatic rings. The summed E-state index contributed by atoms with van der Waals surface area (Å²) in [5.74, 6) is 10.9. The van der Waals surface area contributed by atoms with E-state index in [0.717, 1.165) is 5.56 Å². The highest BCUT2D eigenvalue weighted by Crippen LogP contribution is 2.41. The lowest BCUT2D eigenvalue weighted by molar-refractivity contribution is 0.283. The van der Waals surface area contributed by atoms with Crippen LogP contribution in [0, 0.1) is 0 Å². The molecule has 0 saturated carbocycles. The summed E-state index contributed by atoms with van der Waals surface area (Å²) < 4.78 is 0. The summed E-state index contributed by atoms with van der Waals surface area (Å²) in [6.07, 6.45) is 0. The minimum Gasteiger partial charge on any atom is -0.407 e. The fourth-order valence-electron chi connectivity index (χ4n) is 1.71. The van der Waals surface area contributed by atoms with Gasteiger partial charge in [0.05, 0.1) is 5.69 Å². The molecule has 6 nitrogen and oxygen atoms in total. The van der Waals surface area contributed by atoms with Crippen LogP contribution < -0.4 is 32.9 Å². The topological polar surface area (TPSA) is 123 Å². The second-order valence-corrected chi connectivity index (χ2v) is 3.72. The van der Waals surface area contributed by atoms with E-state index >= 15 is 0 Å². The number of nitrogens with two attached hydrogens (primary N) is 4. The Balaban J connectivity index is 2.60. The average Bonchev–Trinajstić information content (AvgIpc) is 2.39. The van der Waals surface area contributed by atoms with Crippen LogP contribution in [0.2, 0.25) is 0 Å². The van der Waals surface area contributed by atoms with Gasteiger partial charge in [0.15, 0.2) is 0 Å². The second-order valence-electron chi connectivity index (χ2n) is 3.72. The fraction of sp³-hybridized carbons (Fsp3) is 0. The van der Waals surface area contributed by atoms with Gasteiger partial charge in [0.25, 0.3) is 0 Å². The Labute approximate surface area is 104 Å². The molecule has 0 aliphatic rings. The van der Waals surface area contributed by atoms with E-state index in [4.69, 9.17) is 32.9 Å². The number of benzene rings is 2. The van der Waals surface area contributed by atoms with Gasteiger partial charge >= 0.3 is 0 Å². The third-order valence-electron chi connectivity index (χ3n) is 2.60. The van der Waals surface area contributed by atoms with Crippen LogP contribution in [0.15, 0.2) is 36.4 Å². The van der Waals surface area contributed by atoms with Gasteiger partial charge in [0, 0.05) is 11.3 Å². The molecule has 0 bridgehead atoms. The highest BCUT2D eigenvalue weighted by molar-refractivity contribution is 5.79. The third kappa shape index (κ3) is 2.02. The number of nitrogen functional groups attached to an aromatic ring is 2. The van der Waals surface area contributed by atoms with E-state index in [1.165, 1.54) is 0 Å². The molecule has 2 rings (SSSR count). The Bertz CT molecular complexity index is 555. The van der Waals surface area contributed by atoms with E-state index < -0.39 is 0 Å². The molecule has 0 heterocycles. The van der Waals surface area contributed by atoms with Crippen molar-refractivity contribution in [3.63, 3.8) is 0 Å². The third-order valence-corrected chi connectivity index (χ3v) is 2.60. The molecule has 0 aromatic heterocycles. The van der Waals surface area contributed by atoms with E-state index in [1.807, 2.05) is 12.1 Å². The summed E-state index contributed by atoms with van der Waals surface area (Å²) in [4.78, 5) is 9.51. The number of anilines is 2. The van der Waals surface area contributed by atoms with Crippen molar-refractivity contribution in [2.45, 2.75) is 0 Å². The van der Waals surface area contributed by atoms with Crippen LogP contribution in [0.4, 0.5) is 11.4 Å². The lowest BCUT2D eigenvalue weighted by atomic mass is 10.0. The summed E-state index contributed by atoms with van der Waals surface area (Å²) in [7, 11) is 0. The van der Waals surface area contributed by atoms with Gasteiger partial charge in [-0.2, -0.15) is 11.8 Å². The zero-order valence-electron chi connectivity index (χ0n) is 9.59. The smallest absolute Gasteiger partial charge is 0.214 e. The van der Waals surface area contributed by atoms with Crippen LogP contribution in [-0.2, 0) is 0 Å². The second kappa shape index (κ2) is 4.82. The number of rotatable bonds is 3. The monoisotopic (exact) mass is 246 g/mol. The molecular formula is C12H14N4O2. The molecule has 0 unspecified atom stereocenters. The van der Waals surface area contributed by atoms with Crippen LogP contribution in [0.1, 0.15) is 0 Å².